The van der Waals surface area contributed by atoms with Gasteiger partial charge < -0.3 is 0 Å². The van der Waals surface area contributed by atoms with Crippen LogP contribution in [0.25, 0.3) is 0 Å². The summed E-state index contributed by atoms with van der Waals surface area (Å²) in [5.74, 6) is 0.685. The van der Waals surface area contributed by atoms with E-state index in [1.54, 1.807) is 0 Å². The molecule has 1 aliphatic carbocycles. The molecule has 0 radical (unpaired) electrons. The summed E-state index contributed by atoms with van der Waals surface area (Å²) in [5.41, 5.74) is 0. The number of hydrogen-bond acceptors (Lipinski definition) is 0. The third kappa shape index (κ3) is 6.83. The Balaban J connectivity index is 0.000000187. The van der Waals surface area contributed by atoms with Crippen molar-refractivity contribution in [2.45, 2.75) is 6.92 Å². The molecule has 0 saturated heterocycles. The van der Waals surface area contributed by atoms with Crippen LogP contribution in [-0.4, -0.2) is 0 Å². The summed E-state index contributed by atoms with van der Waals surface area (Å²) in [5, 5.41) is 0. The Bertz CT molecular complexity index is 97.6. The molecule has 0 heterocycles. The molecule has 0 aromatic heterocycles. The molecule has 0 fully saturated rings. The van der Waals surface area contributed by atoms with E-state index in [-0.39, 0.29) is 0 Å². The Hall–Kier alpha value is 0.943. The van der Waals surface area contributed by atoms with E-state index in [1.165, 1.54) is 0 Å². The van der Waals surface area contributed by atoms with Crippen molar-refractivity contribution in [2.75, 3.05) is 0 Å². The second kappa shape index (κ2) is 7.05. The molecule has 0 aromatic carbocycles. The van der Waals surface area contributed by atoms with Gasteiger partial charge in [0.1, 0.15) is 0 Å². The van der Waals surface area contributed by atoms with Gasteiger partial charge in [-0.05, 0) is 5.92 Å². The predicted molar refractivity (Wildman–Crippen MR) is 39.2 cm³/mol. The molecule has 0 aromatic rings. The maximum absolute atomic E-state index is 4.93. The third-order valence-corrected chi connectivity index (χ3v) is 0.940. The normalized spacial score (nSPS) is 15.0. The fourth-order valence-electron chi connectivity index (χ4n) is 0.543. The minimum atomic E-state index is -0.826. The van der Waals surface area contributed by atoms with Gasteiger partial charge in [-0.15, -0.1) is 0 Å². The molecule has 1 aliphatic rings. The van der Waals surface area contributed by atoms with Crippen molar-refractivity contribution < 1.29 is 20.8 Å². The molecule has 50 valence electrons. The molecule has 0 saturated carbocycles. The van der Waals surface area contributed by atoms with Crippen molar-refractivity contribution >= 4 is 17.0 Å². The zero-order valence-electron chi connectivity index (χ0n) is 5.14. The van der Waals surface area contributed by atoms with Gasteiger partial charge in [0.15, 0.2) is 0 Å². The maximum atomic E-state index is 4.93. The van der Waals surface area contributed by atoms with Gasteiger partial charge in [-0.1, -0.05) is 31.2 Å². The van der Waals surface area contributed by atoms with E-state index in [0.717, 1.165) is 0 Å². The van der Waals surface area contributed by atoms with Crippen LogP contribution in [0.15, 0.2) is 24.3 Å². The first kappa shape index (κ1) is 9.94. The summed E-state index contributed by atoms with van der Waals surface area (Å²) in [6.45, 7) is 2.17. The van der Waals surface area contributed by atoms with Gasteiger partial charge in [-0.3, -0.25) is 0 Å². The van der Waals surface area contributed by atoms with Crippen LogP contribution in [0.4, 0.5) is 0 Å². The fourth-order valence-corrected chi connectivity index (χ4v) is 0.543. The second-order valence-electron chi connectivity index (χ2n) is 1.70. The van der Waals surface area contributed by atoms with Crippen LogP contribution < -0.4 is 0 Å². The predicted octanol–water partition coefficient (Wildman–Crippen LogP) is 3.13. The molecular formula is C6H8Cl2Zr. The van der Waals surface area contributed by atoms with Crippen molar-refractivity contribution in [2.24, 2.45) is 5.92 Å². The molecule has 0 nitrogen and oxygen atoms in total. The zero-order chi connectivity index (χ0) is 7.11. The van der Waals surface area contributed by atoms with Crippen molar-refractivity contribution in [1.29, 1.82) is 0 Å². The number of rotatable bonds is 0. The summed E-state index contributed by atoms with van der Waals surface area (Å²) in [7, 11) is 9.87. The summed E-state index contributed by atoms with van der Waals surface area (Å²) in [6.07, 6.45) is 8.48. The topological polar surface area (TPSA) is 0 Å². The van der Waals surface area contributed by atoms with E-state index in [1.807, 2.05) is 0 Å². The van der Waals surface area contributed by atoms with Crippen LogP contribution in [0.2, 0.25) is 0 Å². The second-order valence-corrected chi connectivity index (χ2v) is 5.43. The van der Waals surface area contributed by atoms with Crippen molar-refractivity contribution in [3.05, 3.63) is 24.3 Å². The van der Waals surface area contributed by atoms with E-state index in [2.05, 4.69) is 31.2 Å². The Morgan fingerprint density at radius 1 is 1.22 bits per heavy atom. The van der Waals surface area contributed by atoms with Crippen molar-refractivity contribution in [1.82, 2.24) is 0 Å². The first-order valence-electron chi connectivity index (χ1n) is 2.62. The van der Waals surface area contributed by atoms with Gasteiger partial charge in [-0.25, -0.2) is 0 Å². The van der Waals surface area contributed by atoms with E-state index >= 15 is 0 Å². The molecule has 0 N–H and O–H groups in total. The molecule has 3 heteroatoms. The fraction of sp³-hybridized carbons (Fsp3) is 0.333. The summed E-state index contributed by atoms with van der Waals surface area (Å²) in [4.78, 5) is 0. The first-order valence-corrected chi connectivity index (χ1v) is 8.95. The van der Waals surface area contributed by atoms with E-state index in [4.69, 9.17) is 17.0 Å². The van der Waals surface area contributed by atoms with Crippen molar-refractivity contribution in [3.8, 4) is 0 Å². The van der Waals surface area contributed by atoms with Gasteiger partial charge >= 0.3 is 37.9 Å². The molecule has 0 amide bonds. The first-order chi connectivity index (χ1) is 4.31. The van der Waals surface area contributed by atoms with Crippen molar-refractivity contribution in [3.63, 3.8) is 0 Å². The van der Waals surface area contributed by atoms with Crippen LogP contribution >= 0.6 is 17.0 Å². The van der Waals surface area contributed by atoms with E-state index < -0.39 is 20.8 Å². The average molecular weight is 242 g/mol. The molecule has 0 atom stereocenters. The SMILES string of the molecule is CC1C=CC=C1.[Cl][Zr][Cl]. The van der Waals surface area contributed by atoms with E-state index in [9.17, 15) is 0 Å². The Morgan fingerprint density at radius 2 is 1.56 bits per heavy atom. The van der Waals surface area contributed by atoms with Crippen LogP contribution in [0, 0.1) is 5.92 Å². The molecule has 9 heavy (non-hydrogen) atoms. The van der Waals surface area contributed by atoms with Gasteiger partial charge in [0.2, 0.25) is 0 Å². The molecule has 1 rings (SSSR count). The van der Waals surface area contributed by atoms with Gasteiger partial charge in [0.05, 0.1) is 0 Å². The molecule has 0 unspecified atom stereocenters. The van der Waals surface area contributed by atoms with Crippen LogP contribution in [-0.2, 0) is 20.8 Å². The number of allylic oxidation sites excluding steroid dienone is 4. The van der Waals surface area contributed by atoms with Crippen LogP contribution in [0.1, 0.15) is 6.92 Å². The summed E-state index contributed by atoms with van der Waals surface area (Å²) in [6, 6.07) is 0. The number of halogens is 2. The summed E-state index contributed by atoms with van der Waals surface area (Å²) < 4.78 is 0. The zero-order valence-corrected chi connectivity index (χ0v) is 9.11. The average Bonchev–Trinajstić information content (AvgIpc) is 2.20. The quantitative estimate of drug-likeness (QED) is 0.612. The van der Waals surface area contributed by atoms with Gasteiger partial charge in [0.25, 0.3) is 0 Å². The van der Waals surface area contributed by atoms with E-state index in [0.29, 0.717) is 5.92 Å². The summed E-state index contributed by atoms with van der Waals surface area (Å²) >= 11 is -0.826. The Labute approximate surface area is 74.6 Å². The van der Waals surface area contributed by atoms with Crippen LogP contribution in [0.3, 0.4) is 0 Å². The molecular weight excluding hydrogens is 234 g/mol. The Morgan fingerprint density at radius 3 is 1.67 bits per heavy atom. The van der Waals surface area contributed by atoms with Gasteiger partial charge in [-0.2, -0.15) is 0 Å². The molecule has 0 spiro atoms. The monoisotopic (exact) mass is 240 g/mol. The van der Waals surface area contributed by atoms with Crippen LogP contribution in [0.5, 0.6) is 0 Å². The van der Waals surface area contributed by atoms with Gasteiger partial charge in [0, 0.05) is 0 Å². The molecule has 0 aliphatic heterocycles. The number of hydrogen-bond donors (Lipinski definition) is 0. The third-order valence-electron chi connectivity index (χ3n) is 0.940. The minimum absolute atomic E-state index is 0.685. The standard InChI is InChI=1S/C6H8.2ClH.Zr/c1-6-4-2-3-5-6;;;/h2-6H,1H3;2*1H;/q;;;+2/p-2. The Kier molecular flexibility index (Phi) is 7.79. The molecule has 0 bridgehead atoms.